The Morgan fingerprint density at radius 2 is 1.94 bits per heavy atom. The van der Waals surface area contributed by atoms with Gasteiger partial charge in [-0.25, -0.2) is 8.42 Å². The van der Waals surface area contributed by atoms with Gasteiger partial charge in [-0.05, 0) is 30.5 Å². The highest BCUT2D eigenvalue weighted by molar-refractivity contribution is 7.90. The van der Waals surface area contributed by atoms with Crippen molar-refractivity contribution in [3.05, 3.63) is 28.8 Å². The van der Waals surface area contributed by atoms with Gasteiger partial charge in [0.05, 0.1) is 9.92 Å². The Bertz CT molecular complexity index is 548. The van der Waals surface area contributed by atoms with Gasteiger partial charge in [-0.1, -0.05) is 30.5 Å². The number of benzene rings is 1. The van der Waals surface area contributed by atoms with Crippen LogP contribution < -0.4 is 5.73 Å². The van der Waals surface area contributed by atoms with Crippen molar-refractivity contribution < 1.29 is 8.42 Å². The molecule has 0 unspecified atom stereocenters. The van der Waals surface area contributed by atoms with Crippen LogP contribution >= 0.6 is 11.6 Å². The van der Waals surface area contributed by atoms with E-state index in [9.17, 15) is 8.42 Å². The Labute approximate surface area is 113 Å². The molecule has 0 saturated heterocycles. The topological polar surface area (TPSA) is 60.2 Å². The summed E-state index contributed by atoms with van der Waals surface area (Å²) in [5, 5.41) is 0.301. The average molecular weight is 288 g/mol. The van der Waals surface area contributed by atoms with Crippen LogP contribution in [0.3, 0.4) is 0 Å². The van der Waals surface area contributed by atoms with Crippen molar-refractivity contribution in [1.82, 2.24) is 0 Å². The zero-order chi connectivity index (χ0) is 13.4. The zero-order valence-corrected chi connectivity index (χ0v) is 12.0. The Morgan fingerprint density at radius 3 is 2.39 bits per heavy atom. The summed E-state index contributed by atoms with van der Waals surface area (Å²) in [5.41, 5.74) is 6.97. The van der Waals surface area contributed by atoms with Crippen LogP contribution in [0.25, 0.3) is 0 Å². The van der Waals surface area contributed by atoms with Crippen molar-refractivity contribution in [2.45, 2.75) is 36.0 Å². The number of hydrogen-bond acceptors (Lipinski definition) is 3. The molecule has 5 heteroatoms. The molecule has 0 aliphatic heterocycles. The van der Waals surface area contributed by atoms with Crippen molar-refractivity contribution in [2.24, 2.45) is 5.73 Å². The molecule has 18 heavy (non-hydrogen) atoms. The molecule has 1 fully saturated rings. The molecule has 0 amide bonds. The van der Waals surface area contributed by atoms with Gasteiger partial charge >= 0.3 is 0 Å². The Balaban J connectivity index is 2.46. The maximum atomic E-state index is 11.5. The molecule has 1 aliphatic rings. The highest BCUT2D eigenvalue weighted by Gasteiger charge is 2.34. The van der Waals surface area contributed by atoms with E-state index in [4.69, 9.17) is 17.3 Å². The van der Waals surface area contributed by atoms with Crippen molar-refractivity contribution in [3.8, 4) is 0 Å². The second kappa shape index (κ2) is 4.83. The molecule has 0 bridgehead atoms. The lowest BCUT2D eigenvalue weighted by Crippen LogP contribution is -2.32. The van der Waals surface area contributed by atoms with Crippen LogP contribution in [0.2, 0.25) is 5.02 Å². The fraction of sp³-hybridized carbons (Fsp3) is 0.538. The molecule has 1 aliphatic carbocycles. The van der Waals surface area contributed by atoms with Crippen molar-refractivity contribution in [3.63, 3.8) is 0 Å². The van der Waals surface area contributed by atoms with Crippen molar-refractivity contribution in [2.75, 3.05) is 12.8 Å². The van der Waals surface area contributed by atoms with Gasteiger partial charge in [0, 0.05) is 18.2 Å². The van der Waals surface area contributed by atoms with Gasteiger partial charge in [-0.3, -0.25) is 0 Å². The summed E-state index contributed by atoms with van der Waals surface area (Å²) in [6.45, 7) is 0.585. The summed E-state index contributed by atoms with van der Waals surface area (Å²) in [5.74, 6) is 0. The summed E-state index contributed by atoms with van der Waals surface area (Å²) in [6, 6.07) is 5.24. The molecule has 100 valence electrons. The number of sulfone groups is 1. The molecular formula is C13H18ClNO2S. The maximum absolute atomic E-state index is 11.5. The van der Waals surface area contributed by atoms with E-state index in [0.29, 0.717) is 11.6 Å². The van der Waals surface area contributed by atoms with Gasteiger partial charge in [-0.2, -0.15) is 0 Å². The monoisotopic (exact) mass is 287 g/mol. The first-order valence-electron chi connectivity index (χ1n) is 6.09. The second-order valence-corrected chi connectivity index (χ2v) is 7.50. The molecule has 0 spiro atoms. The van der Waals surface area contributed by atoms with Gasteiger partial charge in [-0.15, -0.1) is 0 Å². The first-order chi connectivity index (χ1) is 8.39. The van der Waals surface area contributed by atoms with E-state index >= 15 is 0 Å². The molecular weight excluding hydrogens is 270 g/mol. The zero-order valence-electron chi connectivity index (χ0n) is 10.4. The largest absolute Gasteiger partial charge is 0.330 e. The molecule has 1 saturated carbocycles. The third-order valence-electron chi connectivity index (χ3n) is 3.90. The number of hydrogen-bond donors (Lipinski definition) is 1. The summed E-state index contributed by atoms with van der Waals surface area (Å²) < 4.78 is 23.1. The molecule has 3 nitrogen and oxygen atoms in total. The van der Waals surface area contributed by atoms with Gasteiger partial charge < -0.3 is 5.73 Å². The molecule has 0 aromatic heterocycles. The van der Waals surface area contributed by atoms with Gasteiger partial charge in [0.25, 0.3) is 0 Å². The lowest BCUT2D eigenvalue weighted by atomic mass is 9.79. The Morgan fingerprint density at radius 1 is 1.33 bits per heavy atom. The third kappa shape index (κ3) is 2.42. The Kier molecular flexibility index (Phi) is 3.72. The molecule has 1 aromatic rings. The van der Waals surface area contributed by atoms with E-state index in [1.165, 1.54) is 19.1 Å². The minimum absolute atomic E-state index is 0.0142. The lowest BCUT2D eigenvalue weighted by molar-refractivity contribution is 0.453. The van der Waals surface area contributed by atoms with E-state index in [1.807, 2.05) is 6.07 Å². The van der Waals surface area contributed by atoms with Crippen LogP contribution in [0.15, 0.2) is 23.1 Å². The van der Waals surface area contributed by atoms with E-state index in [2.05, 4.69) is 0 Å². The summed E-state index contributed by atoms with van der Waals surface area (Å²) in [7, 11) is -3.26. The summed E-state index contributed by atoms with van der Waals surface area (Å²) in [6.07, 6.45) is 5.61. The quantitative estimate of drug-likeness (QED) is 0.929. The van der Waals surface area contributed by atoms with Crippen molar-refractivity contribution >= 4 is 21.4 Å². The van der Waals surface area contributed by atoms with E-state index in [-0.39, 0.29) is 10.3 Å². The second-order valence-electron chi connectivity index (χ2n) is 5.11. The van der Waals surface area contributed by atoms with Crippen LogP contribution in [0.1, 0.15) is 31.2 Å². The Hall–Kier alpha value is -0.580. The molecule has 0 atom stereocenters. The van der Waals surface area contributed by atoms with Gasteiger partial charge in [0.15, 0.2) is 9.84 Å². The fourth-order valence-electron chi connectivity index (χ4n) is 2.79. The van der Waals surface area contributed by atoms with E-state index in [1.54, 1.807) is 12.1 Å². The summed E-state index contributed by atoms with van der Waals surface area (Å²) in [4.78, 5) is 0.193. The van der Waals surface area contributed by atoms with Crippen LogP contribution in [-0.4, -0.2) is 21.2 Å². The molecule has 0 radical (unpaired) electrons. The lowest BCUT2D eigenvalue weighted by Gasteiger charge is -2.28. The predicted molar refractivity (Wildman–Crippen MR) is 73.8 cm³/mol. The minimum atomic E-state index is -3.26. The predicted octanol–water partition coefficient (Wildman–Crippen LogP) is 2.51. The normalized spacial score (nSPS) is 19.1. The highest BCUT2D eigenvalue weighted by atomic mass is 35.5. The van der Waals surface area contributed by atoms with Crippen LogP contribution in [0.5, 0.6) is 0 Å². The smallest absolute Gasteiger partial charge is 0.176 e. The van der Waals surface area contributed by atoms with E-state index < -0.39 is 9.84 Å². The van der Waals surface area contributed by atoms with Crippen LogP contribution in [0.4, 0.5) is 0 Å². The van der Waals surface area contributed by atoms with Crippen molar-refractivity contribution in [1.29, 1.82) is 0 Å². The molecule has 0 heterocycles. The molecule has 1 aromatic carbocycles. The standard InChI is InChI=1S/C13H18ClNO2S/c1-18(16,17)12-5-4-10(8-11(12)14)13(9-15)6-2-3-7-13/h4-5,8H,2-3,6-7,9,15H2,1H3. The first-order valence-corrected chi connectivity index (χ1v) is 8.36. The average Bonchev–Trinajstić information content (AvgIpc) is 2.76. The first kappa shape index (κ1) is 13.8. The number of rotatable bonds is 3. The summed E-state index contributed by atoms with van der Waals surface area (Å²) >= 11 is 6.09. The minimum Gasteiger partial charge on any atom is -0.330 e. The molecule has 2 rings (SSSR count). The molecule has 2 N–H and O–H groups in total. The fourth-order valence-corrected chi connectivity index (χ4v) is 4.12. The van der Waals surface area contributed by atoms with E-state index in [0.717, 1.165) is 18.4 Å². The van der Waals surface area contributed by atoms with Gasteiger partial charge in [0.2, 0.25) is 0 Å². The number of halogens is 1. The third-order valence-corrected chi connectivity index (χ3v) is 5.47. The SMILES string of the molecule is CS(=O)(=O)c1ccc(C2(CN)CCCC2)cc1Cl. The number of nitrogens with two attached hydrogens (primary N) is 1. The highest BCUT2D eigenvalue weighted by Crippen LogP contribution is 2.41. The van der Waals surface area contributed by atoms with Gasteiger partial charge in [0.1, 0.15) is 0 Å². The maximum Gasteiger partial charge on any atom is 0.176 e. The van der Waals surface area contributed by atoms with Crippen LogP contribution in [0, 0.1) is 0 Å². The van der Waals surface area contributed by atoms with Crippen LogP contribution in [-0.2, 0) is 15.3 Å².